The molecule has 0 saturated heterocycles. The predicted molar refractivity (Wildman–Crippen MR) is 75.4 cm³/mol. The average molecular weight is 307 g/mol. The second-order valence-corrected chi connectivity index (χ2v) is 4.98. The Bertz CT molecular complexity index is 602. The summed E-state index contributed by atoms with van der Waals surface area (Å²) in [5.41, 5.74) is 3.49. The first kappa shape index (κ1) is 13.0. The zero-order valence-corrected chi connectivity index (χ0v) is 12.3. The lowest BCUT2D eigenvalue weighted by Crippen LogP contribution is -2.07. The Morgan fingerprint density at radius 1 is 1.33 bits per heavy atom. The summed E-state index contributed by atoms with van der Waals surface area (Å²) in [5, 5.41) is 4.47. The Morgan fingerprint density at radius 2 is 2.00 bits per heavy atom. The third-order valence-electron chi connectivity index (χ3n) is 2.96. The van der Waals surface area contributed by atoms with Crippen LogP contribution in [0.25, 0.3) is 5.69 Å². The molecule has 4 heteroatoms. The fraction of sp³-hybridized carbons (Fsp3) is 0.286. The van der Waals surface area contributed by atoms with E-state index >= 15 is 0 Å². The van der Waals surface area contributed by atoms with Crippen molar-refractivity contribution in [3.8, 4) is 5.69 Å². The minimum atomic E-state index is 0.134. The number of Topliss-reactive ketones (excluding diaryl/α,β-unsaturated/α-hetero) is 1. The highest BCUT2D eigenvalue weighted by atomic mass is 79.9. The summed E-state index contributed by atoms with van der Waals surface area (Å²) >= 11 is 3.51. The van der Waals surface area contributed by atoms with E-state index in [0.29, 0.717) is 6.42 Å². The van der Waals surface area contributed by atoms with Crippen molar-refractivity contribution in [2.24, 2.45) is 0 Å². The van der Waals surface area contributed by atoms with Gasteiger partial charge in [0.25, 0.3) is 0 Å². The van der Waals surface area contributed by atoms with Crippen LogP contribution in [0.15, 0.2) is 28.7 Å². The van der Waals surface area contributed by atoms with Crippen LogP contribution in [0.1, 0.15) is 35.1 Å². The minimum absolute atomic E-state index is 0.134. The Hall–Kier alpha value is -1.42. The molecule has 1 aromatic heterocycles. The van der Waals surface area contributed by atoms with E-state index in [4.69, 9.17) is 0 Å². The zero-order valence-electron chi connectivity index (χ0n) is 10.7. The Balaban J connectivity index is 2.64. The molecule has 94 valence electrons. The van der Waals surface area contributed by atoms with Gasteiger partial charge < -0.3 is 0 Å². The third kappa shape index (κ3) is 2.12. The number of nitrogens with zero attached hydrogens (tertiary/aromatic N) is 2. The zero-order chi connectivity index (χ0) is 13.3. The highest BCUT2D eigenvalue weighted by Gasteiger charge is 2.15. The van der Waals surface area contributed by atoms with Crippen molar-refractivity contribution >= 4 is 21.7 Å². The van der Waals surface area contributed by atoms with Gasteiger partial charge in [-0.25, -0.2) is 4.68 Å². The first-order valence-electron chi connectivity index (χ1n) is 5.90. The number of rotatable bonds is 3. The van der Waals surface area contributed by atoms with Gasteiger partial charge in [0.15, 0.2) is 5.78 Å². The highest BCUT2D eigenvalue weighted by molar-refractivity contribution is 9.10. The maximum atomic E-state index is 12.0. The molecule has 0 unspecified atom stereocenters. The molecule has 0 aliphatic carbocycles. The van der Waals surface area contributed by atoms with E-state index in [9.17, 15) is 4.79 Å². The molecule has 1 heterocycles. The van der Waals surface area contributed by atoms with Crippen LogP contribution in [-0.2, 0) is 0 Å². The maximum absolute atomic E-state index is 12.0. The topological polar surface area (TPSA) is 34.9 Å². The first-order chi connectivity index (χ1) is 8.56. The van der Waals surface area contributed by atoms with Crippen LogP contribution in [0.4, 0.5) is 0 Å². The summed E-state index contributed by atoms with van der Waals surface area (Å²) in [7, 11) is 0. The second-order valence-electron chi connectivity index (χ2n) is 4.19. The molecule has 0 fully saturated rings. The summed E-state index contributed by atoms with van der Waals surface area (Å²) in [6.07, 6.45) is 0.498. The van der Waals surface area contributed by atoms with E-state index in [1.165, 1.54) is 0 Å². The van der Waals surface area contributed by atoms with Crippen LogP contribution in [0, 0.1) is 13.8 Å². The summed E-state index contributed by atoms with van der Waals surface area (Å²) in [6.45, 7) is 5.80. The molecule has 0 aliphatic rings. The third-order valence-corrected chi connectivity index (χ3v) is 4.10. The molecular formula is C14H15BrN2O. The number of aryl methyl sites for hydroxylation is 1. The van der Waals surface area contributed by atoms with Crippen molar-refractivity contribution in [2.75, 3.05) is 0 Å². The number of carbonyl (C=O) groups excluding carboxylic acids is 1. The molecule has 0 spiro atoms. The standard InChI is InChI=1S/C14H15BrN2O/c1-4-13(18)11-7-5-6-8-12(11)17-10(3)14(15)9(2)16-17/h5-8H,4H2,1-3H3. The first-order valence-corrected chi connectivity index (χ1v) is 6.69. The molecule has 0 aliphatic heterocycles. The van der Waals surface area contributed by atoms with E-state index in [0.717, 1.165) is 27.1 Å². The lowest BCUT2D eigenvalue weighted by atomic mass is 10.1. The van der Waals surface area contributed by atoms with Crippen LogP contribution in [-0.4, -0.2) is 15.6 Å². The van der Waals surface area contributed by atoms with Gasteiger partial charge in [-0.3, -0.25) is 4.79 Å². The predicted octanol–water partition coefficient (Wildman–Crippen LogP) is 3.84. The summed E-state index contributed by atoms with van der Waals surface area (Å²) in [4.78, 5) is 12.0. The van der Waals surface area contributed by atoms with E-state index < -0.39 is 0 Å². The number of hydrogen-bond donors (Lipinski definition) is 0. The van der Waals surface area contributed by atoms with Gasteiger partial charge in [-0.15, -0.1) is 0 Å². The molecule has 0 bridgehead atoms. The number of para-hydroxylation sites is 1. The van der Waals surface area contributed by atoms with E-state index in [2.05, 4.69) is 21.0 Å². The smallest absolute Gasteiger partial charge is 0.164 e. The van der Waals surface area contributed by atoms with Crippen molar-refractivity contribution in [3.05, 3.63) is 45.7 Å². The van der Waals surface area contributed by atoms with Crippen molar-refractivity contribution in [2.45, 2.75) is 27.2 Å². The van der Waals surface area contributed by atoms with Crippen LogP contribution in [0.3, 0.4) is 0 Å². The molecule has 0 amide bonds. The quantitative estimate of drug-likeness (QED) is 0.807. The summed E-state index contributed by atoms with van der Waals surface area (Å²) < 4.78 is 2.81. The number of halogens is 1. The number of ketones is 1. The molecule has 0 saturated carbocycles. The van der Waals surface area contributed by atoms with Crippen molar-refractivity contribution in [1.29, 1.82) is 0 Å². The molecular weight excluding hydrogens is 292 g/mol. The molecule has 0 N–H and O–H groups in total. The SMILES string of the molecule is CCC(=O)c1ccccc1-n1nc(C)c(Br)c1C. The summed E-state index contributed by atoms with van der Waals surface area (Å²) in [6, 6.07) is 7.58. The number of carbonyl (C=O) groups is 1. The molecule has 3 nitrogen and oxygen atoms in total. The van der Waals surface area contributed by atoms with Gasteiger partial charge in [0.05, 0.1) is 21.5 Å². The monoisotopic (exact) mass is 306 g/mol. The summed E-state index contributed by atoms with van der Waals surface area (Å²) in [5.74, 6) is 0.134. The number of benzene rings is 1. The number of hydrogen-bond acceptors (Lipinski definition) is 2. The maximum Gasteiger partial charge on any atom is 0.164 e. The Kier molecular flexibility index (Phi) is 3.66. The minimum Gasteiger partial charge on any atom is -0.294 e. The van der Waals surface area contributed by atoms with Crippen LogP contribution in [0.2, 0.25) is 0 Å². The molecule has 1 aromatic carbocycles. The molecule has 18 heavy (non-hydrogen) atoms. The average Bonchev–Trinajstić information content (AvgIpc) is 2.65. The number of aromatic nitrogens is 2. The Morgan fingerprint density at radius 3 is 2.56 bits per heavy atom. The fourth-order valence-corrected chi connectivity index (χ4v) is 2.19. The normalized spacial score (nSPS) is 10.7. The van der Waals surface area contributed by atoms with Gasteiger partial charge in [0.1, 0.15) is 0 Å². The fourth-order valence-electron chi connectivity index (χ4n) is 1.94. The molecule has 0 atom stereocenters. The molecule has 2 rings (SSSR count). The van der Waals surface area contributed by atoms with Crippen LogP contribution >= 0.6 is 15.9 Å². The van der Waals surface area contributed by atoms with Gasteiger partial charge in [-0.1, -0.05) is 19.1 Å². The van der Waals surface area contributed by atoms with Gasteiger partial charge in [-0.2, -0.15) is 5.10 Å². The molecule has 0 radical (unpaired) electrons. The van der Waals surface area contributed by atoms with E-state index in [1.54, 1.807) is 0 Å². The van der Waals surface area contributed by atoms with Gasteiger partial charge >= 0.3 is 0 Å². The second kappa shape index (κ2) is 5.06. The highest BCUT2D eigenvalue weighted by Crippen LogP contribution is 2.25. The van der Waals surface area contributed by atoms with Crippen LogP contribution < -0.4 is 0 Å². The Labute approximate surface area is 115 Å². The largest absolute Gasteiger partial charge is 0.294 e. The van der Waals surface area contributed by atoms with Crippen molar-refractivity contribution in [3.63, 3.8) is 0 Å². The van der Waals surface area contributed by atoms with E-state index in [1.807, 2.05) is 49.7 Å². The van der Waals surface area contributed by atoms with Crippen molar-refractivity contribution in [1.82, 2.24) is 9.78 Å². The molecule has 2 aromatic rings. The van der Waals surface area contributed by atoms with Crippen LogP contribution in [0.5, 0.6) is 0 Å². The van der Waals surface area contributed by atoms with Gasteiger partial charge in [0, 0.05) is 12.0 Å². The lowest BCUT2D eigenvalue weighted by molar-refractivity contribution is 0.0988. The van der Waals surface area contributed by atoms with E-state index in [-0.39, 0.29) is 5.78 Å². The van der Waals surface area contributed by atoms with Gasteiger partial charge in [-0.05, 0) is 41.9 Å². The van der Waals surface area contributed by atoms with Gasteiger partial charge in [0.2, 0.25) is 0 Å². The van der Waals surface area contributed by atoms with Crippen molar-refractivity contribution < 1.29 is 4.79 Å². The lowest BCUT2D eigenvalue weighted by Gasteiger charge is -2.09.